The van der Waals surface area contributed by atoms with Crippen LogP contribution in [-0.2, 0) is 0 Å². The molecule has 0 amide bonds. The maximum absolute atomic E-state index is 3.19. The van der Waals surface area contributed by atoms with E-state index in [-0.39, 0.29) is 0 Å². The van der Waals surface area contributed by atoms with Crippen LogP contribution in [0.3, 0.4) is 0 Å². The van der Waals surface area contributed by atoms with Crippen LogP contribution in [0, 0.1) is 5.92 Å². The summed E-state index contributed by atoms with van der Waals surface area (Å²) in [5.74, 6) is 0.818. The minimum absolute atomic E-state index is 0.700. The SMILES string of the molecule is CC.CNCCC(C)N(C)CCC(C)C. The molecular formula is C13H32N2. The van der Waals surface area contributed by atoms with Gasteiger partial charge in [-0.05, 0) is 52.9 Å². The molecule has 0 aliphatic heterocycles. The predicted molar refractivity (Wildman–Crippen MR) is 71.4 cm³/mol. The Balaban J connectivity index is 0. The molecule has 0 saturated heterocycles. The summed E-state index contributed by atoms with van der Waals surface area (Å²) in [5.41, 5.74) is 0. The van der Waals surface area contributed by atoms with E-state index in [1.807, 2.05) is 20.9 Å². The standard InChI is InChI=1S/C11H26N2.C2H6/c1-10(2)7-9-13(5)11(3)6-8-12-4;1-2/h10-12H,6-9H2,1-5H3;1-2H3. The van der Waals surface area contributed by atoms with Crippen LogP contribution < -0.4 is 5.32 Å². The van der Waals surface area contributed by atoms with Crippen molar-refractivity contribution in [1.82, 2.24) is 10.2 Å². The van der Waals surface area contributed by atoms with Gasteiger partial charge >= 0.3 is 0 Å². The molecule has 0 bridgehead atoms. The summed E-state index contributed by atoms with van der Waals surface area (Å²) in [5, 5.41) is 3.19. The third-order valence-corrected chi connectivity index (χ3v) is 2.62. The highest BCUT2D eigenvalue weighted by Crippen LogP contribution is 2.05. The van der Waals surface area contributed by atoms with E-state index >= 15 is 0 Å². The lowest BCUT2D eigenvalue weighted by Crippen LogP contribution is -2.32. The number of hydrogen-bond acceptors (Lipinski definition) is 2. The van der Waals surface area contributed by atoms with Crippen LogP contribution >= 0.6 is 0 Å². The fourth-order valence-corrected chi connectivity index (χ4v) is 1.26. The second-order valence-corrected chi connectivity index (χ2v) is 4.40. The van der Waals surface area contributed by atoms with E-state index in [9.17, 15) is 0 Å². The highest BCUT2D eigenvalue weighted by molar-refractivity contribution is 4.64. The molecule has 1 atom stereocenters. The molecule has 0 aromatic heterocycles. The quantitative estimate of drug-likeness (QED) is 0.704. The topological polar surface area (TPSA) is 15.3 Å². The Labute approximate surface area is 97.4 Å². The Hall–Kier alpha value is -0.0800. The first-order chi connectivity index (χ1) is 7.07. The van der Waals surface area contributed by atoms with Crippen LogP contribution in [0.4, 0.5) is 0 Å². The molecule has 1 N–H and O–H groups in total. The summed E-state index contributed by atoms with van der Waals surface area (Å²) in [6, 6.07) is 0.700. The normalized spacial score (nSPS) is 12.6. The third-order valence-electron chi connectivity index (χ3n) is 2.62. The van der Waals surface area contributed by atoms with Gasteiger partial charge in [0.2, 0.25) is 0 Å². The molecule has 0 heterocycles. The summed E-state index contributed by atoms with van der Waals surface area (Å²) in [6.45, 7) is 13.2. The molecule has 0 aliphatic rings. The van der Waals surface area contributed by atoms with Gasteiger partial charge in [-0.3, -0.25) is 0 Å². The van der Waals surface area contributed by atoms with E-state index in [1.165, 1.54) is 19.4 Å². The van der Waals surface area contributed by atoms with Crippen molar-refractivity contribution in [3.8, 4) is 0 Å². The van der Waals surface area contributed by atoms with Crippen molar-refractivity contribution in [3.63, 3.8) is 0 Å². The molecule has 0 rings (SSSR count). The molecule has 2 heteroatoms. The van der Waals surface area contributed by atoms with Crippen LogP contribution in [-0.4, -0.2) is 38.1 Å². The van der Waals surface area contributed by atoms with Gasteiger partial charge in [0.15, 0.2) is 0 Å². The summed E-state index contributed by atoms with van der Waals surface area (Å²) < 4.78 is 0. The van der Waals surface area contributed by atoms with Gasteiger partial charge < -0.3 is 10.2 Å². The summed E-state index contributed by atoms with van der Waals surface area (Å²) in [6.07, 6.45) is 2.55. The number of rotatable bonds is 7. The molecule has 1 unspecified atom stereocenters. The van der Waals surface area contributed by atoms with Crippen molar-refractivity contribution in [3.05, 3.63) is 0 Å². The second-order valence-electron chi connectivity index (χ2n) is 4.40. The molecule has 15 heavy (non-hydrogen) atoms. The zero-order valence-electron chi connectivity index (χ0n) is 11.9. The van der Waals surface area contributed by atoms with Crippen molar-refractivity contribution < 1.29 is 0 Å². The molecule has 2 nitrogen and oxygen atoms in total. The summed E-state index contributed by atoms with van der Waals surface area (Å²) in [4.78, 5) is 2.46. The largest absolute Gasteiger partial charge is 0.320 e. The lowest BCUT2D eigenvalue weighted by Gasteiger charge is -2.25. The maximum atomic E-state index is 3.19. The number of nitrogens with zero attached hydrogens (tertiary/aromatic N) is 1. The Kier molecular flexibility index (Phi) is 13.8. The first kappa shape index (κ1) is 17.3. The number of nitrogens with one attached hydrogen (secondary N) is 1. The fourth-order valence-electron chi connectivity index (χ4n) is 1.26. The lowest BCUT2D eigenvalue weighted by atomic mass is 10.1. The fraction of sp³-hybridized carbons (Fsp3) is 1.00. The zero-order valence-corrected chi connectivity index (χ0v) is 11.9. The molecule has 94 valence electrons. The Morgan fingerprint density at radius 1 is 1.07 bits per heavy atom. The van der Waals surface area contributed by atoms with E-state index in [0.29, 0.717) is 6.04 Å². The van der Waals surface area contributed by atoms with E-state index in [2.05, 4.69) is 38.0 Å². The molecule has 0 fully saturated rings. The van der Waals surface area contributed by atoms with Gasteiger partial charge in [-0.25, -0.2) is 0 Å². The highest BCUT2D eigenvalue weighted by Gasteiger charge is 2.08. The Morgan fingerprint density at radius 2 is 1.60 bits per heavy atom. The van der Waals surface area contributed by atoms with Crippen LogP contribution in [0.1, 0.15) is 47.5 Å². The molecule has 0 radical (unpaired) electrons. The highest BCUT2D eigenvalue weighted by atomic mass is 15.1. The van der Waals surface area contributed by atoms with Crippen molar-refractivity contribution >= 4 is 0 Å². The monoisotopic (exact) mass is 216 g/mol. The van der Waals surface area contributed by atoms with Gasteiger partial charge in [-0.2, -0.15) is 0 Å². The minimum Gasteiger partial charge on any atom is -0.320 e. The molecule has 0 saturated carbocycles. The van der Waals surface area contributed by atoms with Crippen molar-refractivity contribution in [1.29, 1.82) is 0 Å². The summed E-state index contributed by atoms with van der Waals surface area (Å²) >= 11 is 0. The van der Waals surface area contributed by atoms with Gasteiger partial charge in [0.05, 0.1) is 0 Å². The van der Waals surface area contributed by atoms with Crippen LogP contribution in [0.15, 0.2) is 0 Å². The van der Waals surface area contributed by atoms with Gasteiger partial charge in [-0.15, -0.1) is 0 Å². The molecule has 0 aromatic carbocycles. The van der Waals surface area contributed by atoms with Gasteiger partial charge in [0.25, 0.3) is 0 Å². The average molecular weight is 216 g/mol. The third kappa shape index (κ3) is 11.8. The van der Waals surface area contributed by atoms with Crippen LogP contribution in [0.5, 0.6) is 0 Å². The Morgan fingerprint density at radius 3 is 2.00 bits per heavy atom. The van der Waals surface area contributed by atoms with E-state index in [1.54, 1.807) is 0 Å². The van der Waals surface area contributed by atoms with Gasteiger partial charge in [0, 0.05) is 6.04 Å². The van der Waals surface area contributed by atoms with Crippen LogP contribution in [0.2, 0.25) is 0 Å². The minimum atomic E-state index is 0.700. The first-order valence-corrected chi connectivity index (χ1v) is 6.42. The molecule has 0 aromatic rings. The van der Waals surface area contributed by atoms with Crippen molar-refractivity contribution in [2.45, 2.75) is 53.5 Å². The summed E-state index contributed by atoms with van der Waals surface area (Å²) in [7, 11) is 4.24. The second kappa shape index (κ2) is 12.0. The lowest BCUT2D eigenvalue weighted by molar-refractivity contribution is 0.233. The Bertz CT molecular complexity index is 113. The van der Waals surface area contributed by atoms with E-state index < -0.39 is 0 Å². The molecule has 0 aliphatic carbocycles. The maximum Gasteiger partial charge on any atom is 0.00759 e. The van der Waals surface area contributed by atoms with E-state index in [0.717, 1.165) is 12.5 Å². The van der Waals surface area contributed by atoms with Gasteiger partial charge in [-0.1, -0.05) is 27.7 Å². The van der Waals surface area contributed by atoms with E-state index in [4.69, 9.17) is 0 Å². The molecular weight excluding hydrogens is 184 g/mol. The van der Waals surface area contributed by atoms with Gasteiger partial charge in [0.1, 0.15) is 0 Å². The van der Waals surface area contributed by atoms with Crippen molar-refractivity contribution in [2.75, 3.05) is 27.2 Å². The number of hydrogen-bond donors (Lipinski definition) is 1. The smallest absolute Gasteiger partial charge is 0.00759 e. The van der Waals surface area contributed by atoms with Crippen molar-refractivity contribution in [2.24, 2.45) is 5.92 Å². The predicted octanol–water partition coefficient (Wildman–Crippen LogP) is 2.99. The molecule has 0 spiro atoms. The van der Waals surface area contributed by atoms with Crippen LogP contribution in [0.25, 0.3) is 0 Å². The zero-order chi connectivity index (χ0) is 12.3. The first-order valence-electron chi connectivity index (χ1n) is 6.42. The average Bonchev–Trinajstić information content (AvgIpc) is 2.25.